The number of rotatable bonds is 6. The fourth-order valence-electron chi connectivity index (χ4n) is 3.20. The Kier molecular flexibility index (Phi) is 6.79. The lowest BCUT2D eigenvalue weighted by Crippen LogP contribution is -2.22. The molecule has 0 aliphatic carbocycles. The summed E-state index contributed by atoms with van der Waals surface area (Å²) in [6, 6.07) is 16.6. The van der Waals surface area contributed by atoms with Gasteiger partial charge >= 0.3 is 0 Å². The first kappa shape index (κ1) is 23.0. The van der Waals surface area contributed by atoms with Crippen LogP contribution in [-0.2, 0) is 4.79 Å². The van der Waals surface area contributed by atoms with Gasteiger partial charge in [0.05, 0.1) is 22.5 Å². The van der Waals surface area contributed by atoms with E-state index in [1.165, 1.54) is 19.2 Å². The molecular formula is C24H16Cl3NO5. The van der Waals surface area contributed by atoms with E-state index in [2.05, 4.69) is 5.32 Å². The molecule has 0 bridgehead atoms. The minimum absolute atomic E-state index is 0.130. The van der Waals surface area contributed by atoms with Crippen molar-refractivity contribution in [3.63, 3.8) is 0 Å². The molecule has 0 aliphatic rings. The second kappa shape index (κ2) is 9.75. The van der Waals surface area contributed by atoms with E-state index in [-0.39, 0.29) is 32.5 Å². The van der Waals surface area contributed by atoms with Gasteiger partial charge in [0, 0.05) is 16.3 Å². The van der Waals surface area contributed by atoms with Gasteiger partial charge in [0.2, 0.25) is 11.2 Å². The Morgan fingerprint density at radius 1 is 1.00 bits per heavy atom. The molecule has 3 aromatic carbocycles. The van der Waals surface area contributed by atoms with Crippen molar-refractivity contribution in [2.45, 2.75) is 0 Å². The number of halogens is 3. The molecule has 0 saturated carbocycles. The highest BCUT2D eigenvalue weighted by Gasteiger charge is 2.21. The molecule has 4 aromatic rings. The van der Waals surface area contributed by atoms with E-state index in [1.807, 2.05) is 6.07 Å². The van der Waals surface area contributed by atoms with Crippen LogP contribution < -0.4 is 20.2 Å². The fraction of sp³-hybridized carbons (Fsp3) is 0.0833. The van der Waals surface area contributed by atoms with Crippen LogP contribution in [0, 0.1) is 0 Å². The van der Waals surface area contributed by atoms with Crippen LogP contribution in [0.1, 0.15) is 0 Å². The average Bonchev–Trinajstić information content (AvgIpc) is 2.79. The van der Waals surface area contributed by atoms with E-state index in [1.54, 1.807) is 42.5 Å². The van der Waals surface area contributed by atoms with Crippen LogP contribution in [0.5, 0.6) is 11.5 Å². The first-order valence-electron chi connectivity index (χ1n) is 9.65. The van der Waals surface area contributed by atoms with Gasteiger partial charge in [0.15, 0.2) is 18.0 Å². The van der Waals surface area contributed by atoms with Gasteiger partial charge in [0.25, 0.3) is 5.91 Å². The third kappa shape index (κ3) is 4.93. The fourth-order valence-corrected chi connectivity index (χ4v) is 3.99. The van der Waals surface area contributed by atoms with Crippen molar-refractivity contribution in [3.05, 3.63) is 86.0 Å². The Bertz CT molecular complexity index is 1400. The molecule has 1 aromatic heterocycles. The highest BCUT2D eigenvalue weighted by atomic mass is 35.5. The molecule has 1 N–H and O–H groups in total. The molecule has 6 nitrogen and oxygen atoms in total. The summed E-state index contributed by atoms with van der Waals surface area (Å²) in [5.74, 6) is -0.00376. The van der Waals surface area contributed by atoms with Crippen molar-refractivity contribution in [2.24, 2.45) is 0 Å². The molecule has 1 heterocycles. The third-order valence-corrected chi connectivity index (χ3v) is 5.48. The van der Waals surface area contributed by atoms with E-state index in [0.717, 1.165) is 0 Å². The second-order valence-electron chi connectivity index (χ2n) is 6.91. The van der Waals surface area contributed by atoms with Gasteiger partial charge in [0.1, 0.15) is 5.75 Å². The number of ether oxygens (including phenoxy) is 2. The van der Waals surface area contributed by atoms with Gasteiger partial charge in [-0.1, -0.05) is 65.1 Å². The van der Waals surface area contributed by atoms with E-state index in [4.69, 9.17) is 48.7 Å². The molecule has 9 heteroatoms. The largest absolute Gasteiger partial charge is 0.495 e. The Morgan fingerprint density at radius 2 is 1.76 bits per heavy atom. The maximum atomic E-state index is 13.2. The van der Waals surface area contributed by atoms with Crippen LogP contribution in [0.3, 0.4) is 0 Å². The Hall–Kier alpha value is -3.19. The number of carbonyl (C=O) groups excluding carboxylic acids is 1. The zero-order valence-corrected chi connectivity index (χ0v) is 19.4. The third-order valence-electron chi connectivity index (χ3n) is 4.69. The number of hydrogen-bond donors (Lipinski definition) is 1. The number of benzene rings is 3. The molecule has 4 rings (SSSR count). The van der Waals surface area contributed by atoms with E-state index in [0.29, 0.717) is 22.0 Å². The van der Waals surface area contributed by atoms with Gasteiger partial charge in [-0.3, -0.25) is 9.59 Å². The monoisotopic (exact) mass is 503 g/mol. The summed E-state index contributed by atoms with van der Waals surface area (Å²) >= 11 is 18.4. The first-order valence-corrected chi connectivity index (χ1v) is 10.8. The van der Waals surface area contributed by atoms with Crippen molar-refractivity contribution < 1.29 is 18.7 Å². The molecule has 0 atom stereocenters. The standard InChI is InChI=1S/C24H16Cl3NO5/c1-31-19-8-7-15(11-17(19)26)28-20(29)12-32-24-21(30)16-9-14(25)10-18(27)23(16)33-22(24)13-5-3-2-4-6-13/h2-11H,12H2,1H3,(H,28,29). The van der Waals surface area contributed by atoms with Crippen LogP contribution in [0.4, 0.5) is 5.69 Å². The van der Waals surface area contributed by atoms with Crippen LogP contribution in [0.2, 0.25) is 15.1 Å². The molecule has 0 radical (unpaired) electrons. The molecular weight excluding hydrogens is 489 g/mol. The van der Waals surface area contributed by atoms with E-state index < -0.39 is 17.9 Å². The molecule has 168 valence electrons. The van der Waals surface area contributed by atoms with Gasteiger partial charge in [-0.15, -0.1) is 0 Å². The van der Waals surface area contributed by atoms with Crippen LogP contribution >= 0.6 is 34.8 Å². The van der Waals surface area contributed by atoms with Gasteiger partial charge in [-0.05, 0) is 30.3 Å². The zero-order valence-electron chi connectivity index (χ0n) is 17.2. The van der Waals surface area contributed by atoms with Crippen LogP contribution in [0.15, 0.2) is 69.9 Å². The maximum Gasteiger partial charge on any atom is 0.262 e. The second-order valence-corrected chi connectivity index (χ2v) is 8.16. The summed E-state index contributed by atoms with van der Waals surface area (Å²) in [6.07, 6.45) is 0. The van der Waals surface area contributed by atoms with E-state index in [9.17, 15) is 9.59 Å². The molecule has 0 aliphatic heterocycles. The minimum atomic E-state index is -0.501. The van der Waals surface area contributed by atoms with Crippen molar-refractivity contribution in [2.75, 3.05) is 19.0 Å². The zero-order chi connectivity index (χ0) is 23.5. The van der Waals surface area contributed by atoms with Crippen molar-refractivity contribution in [1.82, 2.24) is 0 Å². The highest BCUT2D eigenvalue weighted by molar-refractivity contribution is 6.38. The minimum Gasteiger partial charge on any atom is -0.495 e. The van der Waals surface area contributed by atoms with Crippen molar-refractivity contribution in [1.29, 1.82) is 0 Å². The molecule has 0 fully saturated rings. The van der Waals surface area contributed by atoms with Gasteiger partial charge in [-0.2, -0.15) is 0 Å². The summed E-state index contributed by atoms with van der Waals surface area (Å²) in [5.41, 5.74) is 0.705. The number of nitrogens with one attached hydrogen (secondary N) is 1. The van der Waals surface area contributed by atoms with Crippen LogP contribution in [0.25, 0.3) is 22.3 Å². The molecule has 33 heavy (non-hydrogen) atoms. The van der Waals surface area contributed by atoms with Crippen LogP contribution in [-0.4, -0.2) is 19.6 Å². The number of hydrogen-bond acceptors (Lipinski definition) is 5. The SMILES string of the molecule is COc1ccc(NC(=O)COc2c(-c3ccccc3)oc3c(Cl)cc(Cl)cc3c2=O)cc1Cl. The lowest BCUT2D eigenvalue weighted by Gasteiger charge is -2.13. The summed E-state index contributed by atoms with van der Waals surface area (Å²) in [6.45, 7) is -0.450. The quantitative estimate of drug-likeness (QED) is 0.327. The van der Waals surface area contributed by atoms with Gasteiger partial charge < -0.3 is 19.2 Å². The number of carbonyl (C=O) groups is 1. The first-order chi connectivity index (χ1) is 15.9. The molecule has 1 amide bonds. The highest BCUT2D eigenvalue weighted by Crippen LogP contribution is 2.35. The number of fused-ring (bicyclic) bond motifs is 1. The van der Waals surface area contributed by atoms with Crippen molar-refractivity contribution >= 4 is 57.4 Å². The Labute approximate surface area is 203 Å². The predicted octanol–water partition coefficient (Wildman–Crippen LogP) is 6.45. The summed E-state index contributed by atoms with van der Waals surface area (Å²) < 4.78 is 16.7. The van der Waals surface area contributed by atoms with E-state index >= 15 is 0 Å². The molecule has 0 spiro atoms. The molecule has 0 unspecified atom stereocenters. The maximum absolute atomic E-state index is 13.2. The summed E-state index contributed by atoms with van der Waals surface area (Å²) in [7, 11) is 1.49. The van der Waals surface area contributed by atoms with Gasteiger partial charge in [-0.25, -0.2) is 0 Å². The summed E-state index contributed by atoms with van der Waals surface area (Å²) in [5, 5.41) is 3.60. The average molecular weight is 505 g/mol. The summed E-state index contributed by atoms with van der Waals surface area (Å²) in [4.78, 5) is 25.7. The van der Waals surface area contributed by atoms with Crippen molar-refractivity contribution in [3.8, 4) is 22.8 Å². The smallest absolute Gasteiger partial charge is 0.262 e. The number of amides is 1. The predicted molar refractivity (Wildman–Crippen MR) is 130 cm³/mol. The number of methoxy groups -OCH3 is 1. The Morgan fingerprint density at radius 3 is 2.45 bits per heavy atom. The number of anilines is 1. The lowest BCUT2D eigenvalue weighted by atomic mass is 10.1. The Balaban J connectivity index is 1.67. The lowest BCUT2D eigenvalue weighted by molar-refractivity contribution is -0.118. The topological polar surface area (TPSA) is 77.8 Å². The molecule has 0 saturated heterocycles. The normalized spacial score (nSPS) is 10.8.